The predicted octanol–water partition coefficient (Wildman–Crippen LogP) is 3.60. The molecule has 0 radical (unpaired) electrons. The summed E-state index contributed by atoms with van der Waals surface area (Å²) in [6.45, 7) is 7.29. The van der Waals surface area contributed by atoms with Crippen LogP contribution in [0.4, 0.5) is 4.39 Å². The van der Waals surface area contributed by atoms with Gasteiger partial charge in [-0.2, -0.15) is 4.31 Å². The number of sulfonamides is 1. The van der Waals surface area contributed by atoms with Crippen LogP contribution in [0.25, 0.3) is 11.1 Å². The Kier molecular flexibility index (Phi) is 7.92. The van der Waals surface area contributed by atoms with E-state index in [0.717, 1.165) is 13.0 Å². The van der Waals surface area contributed by atoms with Crippen LogP contribution in [0.2, 0.25) is 0 Å². The van der Waals surface area contributed by atoms with Crippen LogP contribution in [0, 0.1) is 11.7 Å². The van der Waals surface area contributed by atoms with Crippen LogP contribution < -0.4 is 4.74 Å². The smallest absolute Gasteiger partial charge is 0.247 e. The van der Waals surface area contributed by atoms with Gasteiger partial charge < -0.3 is 14.7 Å². The van der Waals surface area contributed by atoms with Crippen molar-refractivity contribution >= 4 is 10.0 Å². The highest BCUT2D eigenvalue weighted by molar-refractivity contribution is 7.89. The number of hydrogen-bond acceptors (Lipinski definition) is 5. The number of benzene rings is 2. The molecule has 32 heavy (non-hydrogen) atoms. The summed E-state index contributed by atoms with van der Waals surface area (Å²) in [6, 6.07) is 10.5. The van der Waals surface area contributed by atoms with Crippen LogP contribution in [-0.4, -0.2) is 68.2 Å². The first kappa shape index (κ1) is 24.6. The molecule has 0 spiro atoms. The Hall–Kier alpha value is -2.00. The van der Waals surface area contributed by atoms with Gasteiger partial charge in [0.2, 0.25) is 10.0 Å². The van der Waals surface area contributed by atoms with E-state index in [1.54, 1.807) is 31.2 Å². The highest BCUT2D eigenvalue weighted by Gasteiger charge is 2.38. The summed E-state index contributed by atoms with van der Waals surface area (Å²) in [4.78, 5) is 2.24. The van der Waals surface area contributed by atoms with Gasteiger partial charge in [-0.25, -0.2) is 12.8 Å². The van der Waals surface area contributed by atoms with Crippen molar-refractivity contribution in [1.82, 2.24) is 9.21 Å². The number of rotatable bonds is 7. The molecule has 0 unspecified atom stereocenters. The first-order valence-electron chi connectivity index (χ1n) is 11.0. The number of fused-ring (bicyclic) bond motifs is 1. The molecule has 6 nitrogen and oxygen atoms in total. The average Bonchev–Trinajstić information content (AvgIpc) is 2.75. The van der Waals surface area contributed by atoms with E-state index in [9.17, 15) is 17.9 Å². The van der Waals surface area contributed by atoms with Crippen LogP contribution in [0.1, 0.15) is 27.2 Å². The minimum Gasteiger partial charge on any atom is -0.487 e. The van der Waals surface area contributed by atoms with Crippen molar-refractivity contribution in [2.24, 2.45) is 5.92 Å². The Morgan fingerprint density at radius 3 is 2.62 bits per heavy atom. The molecule has 0 aliphatic carbocycles. The first-order valence-corrected chi connectivity index (χ1v) is 12.5. The fourth-order valence-corrected chi connectivity index (χ4v) is 5.90. The van der Waals surface area contributed by atoms with E-state index in [0.29, 0.717) is 17.7 Å². The van der Waals surface area contributed by atoms with E-state index in [4.69, 9.17) is 4.74 Å². The van der Waals surface area contributed by atoms with Crippen molar-refractivity contribution in [3.8, 4) is 16.9 Å². The van der Waals surface area contributed by atoms with E-state index in [-0.39, 0.29) is 41.6 Å². The van der Waals surface area contributed by atoms with Gasteiger partial charge in [0.1, 0.15) is 22.6 Å². The summed E-state index contributed by atoms with van der Waals surface area (Å²) in [7, 11) is -1.87. The number of likely N-dealkylation sites (N-methyl/N-ethyl adjacent to an activating group) is 1. The van der Waals surface area contributed by atoms with Gasteiger partial charge in [0.05, 0.1) is 6.61 Å². The Morgan fingerprint density at radius 1 is 1.25 bits per heavy atom. The summed E-state index contributed by atoms with van der Waals surface area (Å²) < 4.78 is 48.5. The lowest BCUT2D eigenvalue weighted by atomic mass is 10.0. The van der Waals surface area contributed by atoms with Crippen LogP contribution in [-0.2, 0) is 10.0 Å². The lowest BCUT2D eigenvalue weighted by Crippen LogP contribution is -2.49. The number of halogens is 1. The van der Waals surface area contributed by atoms with Gasteiger partial charge in [0.15, 0.2) is 0 Å². The summed E-state index contributed by atoms with van der Waals surface area (Å²) in [6.07, 6.45) is 0.747. The van der Waals surface area contributed by atoms with Gasteiger partial charge >= 0.3 is 0 Å². The molecule has 1 aliphatic heterocycles. The van der Waals surface area contributed by atoms with Crippen molar-refractivity contribution in [2.75, 3.05) is 33.3 Å². The van der Waals surface area contributed by atoms with Crippen LogP contribution in [0.15, 0.2) is 47.4 Å². The number of aliphatic hydroxyl groups is 1. The zero-order valence-corrected chi connectivity index (χ0v) is 20.0. The molecule has 0 amide bonds. The molecule has 2 aromatic carbocycles. The van der Waals surface area contributed by atoms with Gasteiger partial charge in [0.25, 0.3) is 0 Å². The molecule has 3 atom stereocenters. The highest BCUT2D eigenvalue weighted by atomic mass is 32.2. The zero-order chi connectivity index (χ0) is 23.5. The maximum atomic E-state index is 13.8. The standard InChI is InChI=1S/C24H33FN2O4S/c1-5-11-26(4)15-23-17(2)14-27(18(3)16-28)32(29,30)24-10-9-20(13-22(24)31-23)19-7-6-8-21(25)12-19/h6-10,12-13,17-18,23,28H,5,11,14-16H2,1-4H3/t17-,18-,23-/m0/s1. The normalized spacial score (nSPS) is 22.0. The molecule has 3 rings (SSSR count). The Morgan fingerprint density at radius 2 is 1.97 bits per heavy atom. The molecule has 1 aliphatic rings. The minimum absolute atomic E-state index is 0.0630. The number of aliphatic hydroxyl groups excluding tert-OH is 1. The van der Waals surface area contributed by atoms with Gasteiger partial charge in [-0.1, -0.05) is 32.0 Å². The fraction of sp³-hybridized carbons (Fsp3) is 0.500. The summed E-state index contributed by atoms with van der Waals surface area (Å²) in [5.74, 6) is -0.217. The maximum Gasteiger partial charge on any atom is 0.247 e. The number of nitrogens with zero attached hydrogens (tertiary/aromatic N) is 2. The molecule has 0 saturated heterocycles. The third-order valence-corrected chi connectivity index (χ3v) is 7.94. The zero-order valence-electron chi connectivity index (χ0n) is 19.2. The fourth-order valence-electron chi connectivity index (χ4n) is 4.07. The maximum absolute atomic E-state index is 13.8. The average molecular weight is 465 g/mol. The molecule has 0 aromatic heterocycles. The van der Waals surface area contributed by atoms with Crippen molar-refractivity contribution in [3.05, 3.63) is 48.3 Å². The SMILES string of the molecule is CCCN(C)C[C@@H]1Oc2cc(-c3cccc(F)c3)ccc2S(=O)(=O)N([C@@H](C)CO)C[C@@H]1C. The van der Waals surface area contributed by atoms with Crippen molar-refractivity contribution in [1.29, 1.82) is 0 Å². The molecule has 0 bridgehead atoms. The summed E-state index contributed by atoms with van der Waals surface area (Å²) in [5.41, 5.74) is 1.32. The Bertz CT molecular complexity index is 1030. The molecule has 0 saturated carbocycles. The van der Waals surface area contributed by atoms with Crippen molar-refractivity contribution in [2.45, 2.75) is 44.2 Å². The van der Waals surface area contributed by atoms with Gasteiger partial charge in [-0.15, -0.1) is 0 Å². The topological polar surface area (TPSA) is 70.1 Å². The molecular weight excluding hydrogens is 431 g/mol. The monoisotopic (exact) mass is 464 g/mol. The number of hydrogen-bond donors (Lipinski definition) is 1. The second kappa shape index (κ2) is 10.3. The van der Waals surface area contributed by atoms with Crippen LogP contribution in [0.5, 0.6) is 5.75 Å². The van der Waals surface area contributed by atoms with E-state index < -0.39 is 16.1 Å². The van der Waals surface area contributed by atoms with Gasteiger partial charge in [0, 0.05) is 25.0 Å². The number of ether oxygens (including phenoxy) is 1. The third-order valence-electron chi connectivity index (χ3n) is 5.92. The third kappa shape index (κ3) is 5.31. The lowest BCUT2D eigenvalue weighted by Gasteiger charge is -2.37. The summed E-state index contributed by atoms with van der Waals surface area (Å²) >= 11 is 0. The van der Waals surface area contributed by atoms with E-state index in [1.165, 1.54) is 22.5 Å². The van der Waals surface area contributed by atoms with Crippen LogP contribution >= 0.6 is 0 Å². The Labute approximate surface area is 190 Å². The van der Waals surface area contributed by atoms with Gasteiger partial charge in [-0.3, -0.25) is 0 Å². The van der Waals surface area contributed by atoms with Crippen molar-refractivity contribution in [3.63, 3.8) is 0 Å². The predicted molar refractivity (Wildman–Crippen MR) is 124 cm³/mol. The molecule has 0 fully saturated rings. The van der Waals surface area contributed by atoms with Crippen LogP contribution in [0.3, 0.4) is 0 Å². The second-order valence-electron chi connectivity index (χ2n) is 8.67. The molecule has 8 heteroatoms. The molecule has 1 N–H and O–H groups in total. The van der Waals surface area contributed by atoms with Crippen molar-refractivity contribution < 1.29 is 22.7 Å². The summed E-state index contributed by atoms with van der Waals surface area (Å²) in [5, 5.41) is 9.73. The quantitative estimate of drug-likeness (QED) is 0.678. The van der Waals surface area contributed by atoms with E-state index in [1.807, 2.05) is 14.0 Å². The lowest BCUT2D eigenvalue weighted by molar-refractivity contribution is 0.0753. The highest BCUT2D eigenvalue weighted by Crippen LogP contribution is 2.36. The largest absolute Gasteiger partial charge is 0.487 e. The second-order valence-corrected chi connectivity index (χ2v) is 10.5. The van der Waals surface area contributed by atoms with Gasteiger partial charge in [-0.05, 0) is 62.3 Å². The van der Waals surface area contributed by atoms with E-state index in [2.05, 4.69) is 11.8 Å². The van der Waals surface area contributed by atoms with E-state index >= 15 is 0 Å². The first-order chi connectivity index (χ1) is 15.2. The molecule has 176 valence electrons. The minimum atomic E-state index is -3.90. The molecule has 1 heterocycles. The Balaban J connectivity index is 2.11. The molecule has 2 aromatic rings. The molecular formula is C24H33FN2O4S.